The molecule has 29 heavy (non-hydrogen) atoms. The highest BCUT2D eigenvalue weighted by Gasteiger charge is 2.44. The van der Waals surface area contributed by atoms with Crippen LogP contribution in [0.1, 0.15) is 17.7 Å². The second-order valence-corrected chi connectivity index (χ2v) is 7.08. The van der Waals surface area contributed by atoms with E-state index in [9.17, 15) is 13.2 Å². The lowest BCUT2D eigenvalue weighted by Crippen LogP contribution is -2.57. The first-order valence-electron chi connectivity index (χ1n) is 9.22. The summed E-state index contributed by atoms with van der Waals surface area (Å²) in [7, 11) is 1.51. The molecule has 1 saturated heterocycles. The first-order valence-corrected chi connectivity index (χ1v) is 9.22. The number of nitriles is 1. The molecule has 0 spiro atoms. The molecule has 1 atom stereocenters. The number of alkyl halides is 2. The maximum atomic E-state index is 14.1. The van der Waals surface area contributed by atoms with E-state index in [-0.39, 0.29) is 26.1 Å². The molecule has 9 heteroatoms. The van der Waals surface area contributed by atoms with Crippen LogP contribution in [-0.2, 0) is 6.54 Å². The van der Waals surface area contributed by atoms with Crippen molar-refractivity contribution in [3.05, 3.63) is 53.6 Å². The lowest BCUT2D eigenvalue weighted by Gasteiger charge is -2.38. The zero-order chi connectivity index (χ0) is 20.6. The van der Waals surface area contributed by atoms with Crippen LogP contribution in [0.2, 0.25) is 0 Å². The zero-order valence-electron chi connectivity index (χ0n) is 15.7. The van der Waals surface area contributed by atoms with Crippen molar-refractivity contribution in [2.24, 2.45) is 0 Å². The van der Waals surface area contributed by atoms with Gasteiger partial charge in [0.05, 0.1) is 34.9 Å². The Hall–Kier alpha value is -3.12. The number of imidazole rings is 1. The number of piperidine rings is 1. The number of pyridine rings is 1. The predicted octanol–water partition coefficient (Wildman–Crippen LogP) is 2.92. The first-order chi connectivity index (χ1) is 13.9. The van der Waals surface area contributed by atoms with E-state index in [0.29, 0.717) is 28.2 Å². The SMILES string of the molecule is CNC1CN(c2nc3ccc(F)cc3n2Cc2ccc(C#N)cn2)CCC1(F)F. The molecule has 3 aromatic rings. The Bertz CT molecular complexity index is 1070. The molecule has 1 N–H and O–H groups in total. The van der Waals surface area contributed by atoms with E-state index in [1.165, 1.54) is 25.4 Å². The molecule has 4 rings (SSSR count). The minimum atomic E-state index is -2.80. The fourth-order valence-corrected chi connectivity index (χ4v) is 3.61. The number of likely N-dealkylation sites (N-methyl/N-ethyl adjacent to an activating group) is 1. The molecule has 1 aliphatic heterocycles. The maximum absolute atomic E-state index is 14.1. The Labute approximate surface area is 165 Å². The molecular formula is C20H19F3N6. The molecule has 1 fully saturated rings. The van der Waals surface area contributed by atoms with Gasteiger partial charge in [-0.05, 0) is 37.4 Å². The van der Waals surface area contributed by atoms with Gasteiger partial charge in [-0.3, -0.25) is 4.98 Å². The van der Waals surface area contributed by atoms with Crippen LogP contribution >= 0.6 is 0 Å². The minimum absolute atomic E-state index is 0.0795. The topological polar surface area (TPSA) is 69.8 Å². The van der Waals surface area contributed by atoms with Crippen LogP contribution in [0, 0.1) is 17.1 Å². The highest BCUT2D eigenvalue weighted by atomic mass is 19.3. The van der Waals surface area contributed by atoms with Crippen LogP contribution < -0.4 is 10.2 Å². The van der Waals surface area contributed by atoms with Gasteiger partial charge in [0.25, 0.3) is 5.92 Å². The molecule has 0 saturated carbocycles. The third-order valence-corrected chi connectivity index (χ3v) is 5.22. The van der Waals surface area contributed by atoms with Crippen LogP contribution in [0.4, 0.5) is 19.1 Å². The number of fused-ring (bicyclic) bond motifs is 1. The maximum Gasteiger partial charge on any atom is 0.266 e. The van der Waals surface area contributed by atoms with Crippen molar-refractivity contribution in [2.45, 2.75) is 24.9 Å². The second kappa shape index (κ2) is 7.37. The number of rotatable bonds is 4. The molecule has 150 valence electrons. The van der Waals surface area contributed by atoms with Crippen LogP contribution in [0.5, 0.6) is 0 Å². The quantitative estimate of drug-likeness (QED) is 0.729. The van der Waals surface area contributed by atoms with Gasteiger partial charge in [-0.1, -0.05) is 0 Å². The Morgan fingerprint density at radius 1 is 1.31 bits per heavy atom. The van der Waals surface area contributed by atoms with Crippen molar-refractivity contribution in [2.75, 3.05) is 25.0 Å². The van der Waals surface area contributed by atoms with Crippen LogP contribution in [0.15, 0.2) is 36.5 Å². The standard InChI is InChI=1S/C20H19F3N6/c1-25-18-12-28(7-6-20(18,22)23)19-27-16-5-3-14(21)8-17(16)29(19)11-15-4-2-13(9-24)10-26-15/h2-5,8,10,18,25H,6-7,11-12H2,1H3. The fourth-order valence-electron chi connectivity index (χ4n) is 3.61. The van der Waals surface area contributed by atoms with Gasteiger partial charge < -0.3 is 14.8 Å². The molecule has 3 heterocycles. The lowest BCUT2D eigenvalue weighted by molar-refractivity contribution is -0.0491. The highest BCUT2D eigenvalue weighted by Crippen LogP contribution is 2.32. The fraction of sp³-hybridized carbons (Fsp3) is 0.350. The summed E-state index contributed by atoms with van der Waals surface area (Å²) < 4.78 is 44.0. The van der Waals surface area contributed by atoms with Crippen molar-refractivity contribution < 1.29 is 13.2 Å². The average molecular weight is 400 g/mol. The second-order valence-electron chi connectivity index (χ2n) is 7.08. The third-order valence-electron chi connectivity index (χ3n) is 5.22. The molecule has 1 aliphatic rings. The van der Waals surface area contributed by atoms with Crippen LogP contribution in [0.25, 0.3) is 11.0 Å². The number of hydrogen-bond donors (Lipinski definition) is 1. The Morgan fingerprint density at radius 3 is 2.83 bits per heavy atom. The summed E-state index contributed by atoms with van der Waals surface area (Å²) in [6.45, 7) is 0.492. The van der Waals surface area contributed by atoms with Crippen molar-refractivity contribution in [3.63, 3.8) is 0 Å². The van der Waals surface area contributed by atoms with Gasteiger partial charge in [0, 0.05) is 25.7 Å². The smallest absolute Gasteiger partial charge is 0.266 e. The number of benzene rings is 1. The van der Waals surface area contributed by atoms with E-state index >= 15 is 0 Å². The molecule has 2 aromatic heterocycles. The van der Waals surface area contributed by atoms with Gasteiger partial charge in [0.1, 0.15) is 11.9 Å². The number of nitrogens with one attached hydrogen (secondary N) is 1. The minimum Gasteiger partial charge on any atom is -0.340 e. The molecular weight excluding hydrogens is 381 g/mol. The molecule has 0 radical (unpaired) electrons. The summed E-state index contributed by atoms with van der Waals surface area (Å²) in [5, 5.41) is 11.6. The molecule has 0 bridgehead atoms. The van der Waals surface area contributed by atoms with Crippen molar-refractivity contribution in [3.8, 4) is 6.07 Å². The van der Waals surface area contributed by atoms with Gasteiger partial charge in [0.2, 0.25) is 5.95 Å². The number of halogens is 3. The highest BCUT2D eigenvalue weighted by molar-refractivity contribution is 5.79. The van der Waals surface area contributed by atoms with Crippen LogP contribution in [0.3, 0.4) is 0 Å². The average Bonchev–Trinajstić information content (AvgIpc) is 3.06. The number of nitrogens with zero attached hydrogens (tertiary/aromatic N) is 5. The monoisotopic (exact) mass is 400 g/mol. The lowest BCUT2D eigenvalue weighted by atomic mass is 10.0. The van der Waals surface area contributed by atoms with E-state index in [1.807, 2.05) is 6.07 Å². The predicted molar refractivity (Wildman–Crippen MR) is 102 cm³/mol. The summed E-state index contributed by atoms with van der Waals surface area (Å²) in [6.07, 6.45) is 1.17. The summed E-state index contributed by atoms with van der Waals surface area (Å²) >= 11 is 0. The molecule has 0 aliphatic carbocycles. The normalized spacial score (nSPS) is 18.7. The third kappa shape index (κ3) is 3.63. The molecule has 1 aromatic carbocycles. The largest absolute Gasteiger partial charge is 0.340 e. The summed E-state index contributed by atoms with van der Waals surface area (Å²) in [6, 6.07) is 8.66. The van der Waals surface area contributed by atoms with Gasteiger partial charge in [0.15, 0.2) is 0 Å². The molecule has 6 nitrogen and oxygen atoms in total. The van der Waals surface area contributed by atoms with Gasteiger partial charge in [-0.15, -0.1) is 0 Å². The summed E-state index contributed by atoms with van der Waals surface area (Å²) in [4.78, 5) is 10.7. The van der Waals surface area contributed by atoms with E-state index < -0.39 is 17.8 Å². The summed E-state index contributed by atoms with van der Waals surface area (Å²) in [5.74, 6) is -2.72. The number of aromatic nitrogens is 3. The Morgan fingerprint density at radius 2 is 2.14 bits per heavy atom. The van der Waals surface area contributed by atoms with Crippen molar-refractivity contribution in [1.29, 1.82) is 5.26 Å². The van der Waals surface area contributed by atoms with Crippen molar-refractivity contribution >= 4 is 17.0 Å². The first kappa shape index (κ1) is 19.2. The Kier molecular flexibility index (Phi) is 4.88. The summed E-state index contributed by atoms with van der Waals surface area (Å²) in [5.41, 5.74) is 2.23. The van der Waals surface area contributed by atoms with Gasteiger partial charge in [-0.25, -0.2) is 18.2 Å². The molecule has 1 unspecified atom stereocenters. The van der Waals surface area contributed by atoms with E-state index in [4.69, 9.17) is 5.26 Å². The van der Waals surface area contributed by atoms with Crippen LogP contribution in [-0.4, -0.2) is 46.6 Å². The number of anilines is 1. The Balaban J connectivity index is 1.75. The van der Waals surface area contributed by atoms with E-state index in [0.717, 1.165) is 0 Å². The number of hydrogen-bond acceptors (Lipinski definition) is 5. The molecule has 0 amide bonds. The van der Waals surface area contributed by atoms with E-state index in [1.54, 1.807) is 27.7 Å². The van der Waals surface area contributed by atoms with Gasteiger partial charge >= 0.3 is 0 Å². The van der Waals surface area contributed by atoms with Crippen molar-refractivity contribution in [1.82, 2.24) is 19.9 Å². The zero-order valence-corrected chi connectivity index (χ0v) is 15.7. The van der Waals surface area contributed by atoms with E-state index in [2.05, 4.69) is 15.3 Å². The van der Waals surface area contributed by atoms with Gasteiger partial charge in [-0.2, -0.15) is 5.26 Å².